The molecule has 1 aromatic heterocycles. The summed E-state index contributed by atoms with van der Waals surface area (Å²) in [5.41, 5.74) is 2.81. The molecular formula is C27H27ClN4O2. The molecule has 1 heterocycles. The fourth-order valence-electron chi connectivity index (χ4n) is 4.20. The molecule has 7 heteroatoms. The van der Waals surface area contributed by atoms with E-state index in [0.29, 0.717) is 40.4 Å². The van der Waals surface area contributed by atoms with Crippen LogP contribution in [0.1, 0.15) is 37.7 Å². The minimum absolute atomic E-state index is 0.157. The number of hydrogen-bond donors (Lipinski definition) is 1. The smallest absolute Gasteiger partial charge is 0.315 e. The molecule has 1 N–H and O–H groups in total. The second-order valence-corrected chi connectivity index (χ2v) is 8.55. The molecule has 4 aromatic rings. The average molecular weight is 475 g/mol. The monoisotopic (exact) mass is 474 g/mol. The van der Waals surface area contributed by atoms with Crippen LogP contribution in [0.3, 0.4) is 0 Å². The first-order valence-corrected chi connectivity index (χ1v) is 11.7. The summed E-state index contributed by atoms with van der Waals surface area (Å²) < 4.78 is 1.64. The number of benzene rings is 3. The Balaban J connectivity index is 1.86. The molecule has 2 amide bonds. The molecule has 0 bridgehead atoms. The highest BCUT2D eigenvalue weighted by Gasteiger charge is 2.28. The number of nitrogens with zero attached hydrogens (tertiary/aromatic N) is 3. The van der Waals surface area contributed by atoms with Gasteiger partial charge in [0.2, 0.25) is 0 Å². The van der Waals surface area contributed by atoms with Gasteiger partial charge in [-0.1, -0.05) is 48.9 Å². The van der Waals surface area contributed by atoms with Gasteiger partial charge in [0.25, 0.3) is 5.56 Å². The quantitative estimate of drug-likeness (QED) is 0.354. The normalized spacial score (nSPS) is 11.9. The lowest BCUT2D eigenvalue weighted by molar-refractivity contribution is 0.185. The third kappa shape index (κ3) is 4.68. The molecular weight excluding hydrogens is 448 g/mol. The van der Waals surface area contributed by atoms with Crippen LogP contribution in [0.5, 0.6) is 0 Å². The second kappa shape index (κ2) is 10.1. The third-order valence-corrected chi connectivity index (χ3v) is 6.04. The van der Waals surface area contributed by atoms with Gasteiger partial charge in [-0.2, -0.15) is 0 Å². The van der Waals surface area contributed by atoms with E-state index in [9.17, 15) is 9.59 Å². The molecule has 0 aliphatic rings. The number of halogens is 1. The molecule has 0 radical (unpaired) electrons. The van der Waals surface area contributed by atoms with Crippen molar-refractivity contribution in [3.63, 3.8) is 0 Å². The molecule has 174 valence electrons. The van der Waals surface area contributed by atoms with E-state index in [1.54, 1.807) is 39.8 Å². The summed E-state index contributed by atoms with van der Waals surface area (Å²) in [6.45, 7) is 6.32. The first kappa shape index (κ1) is 23.5. The van der Waals surface area contributed by atoms with Gasteiger partial charge in [0.1, 0.15) is 5.82 Å². The predicted octanol–water partition coefficient (Wildman–Crippen LogP) is 6.35. The Bertz CT molecular complexity index is 1400. The summed E-state index contributed by atoms with van der Waals surface area (Å²) in [4.78, 5) is 33.6. The van der Waals surface area contributed by atoms with Crippen LogP contribution in [0.25, 0.3) is 16.6 Å². The number of nitrogens with one attached hydrogen (secondary N) is 1. The highest BCUT2D eigenvalue weighted by atomic mass is 35.5. The topological polar surface area (TPSA) is 67.2 Å². The van der Waals surface area contributed by atoms with E-state index in [-0.39, 0.29) is 11.6 Å². The number of hydrogen-bond acceptors (Lipinski definition) is 3. The summed E-state index contributed by atoms with van der Waals surface area (Å²) in [5, 5.41) is 4.00. The molecule has 0 aliphatic carbocycles. The van der Waals surface area contributed by atoms with Crippen LogP contribution in [0.4, 0.5) is 10.5 Å². The number of carbonyl (C=O) groups excluding carboxylic acids is 1. The molecule has 3 aromatic carbocycles. The van der Waals surface area contributed by atoms with Gasteiger partial charge in [0, 0.05) is 17.3 Å². The van der Waals surface area contributed by atoms with Crippen LogP contribution >= 0.6 is 11.6 Å². The van der Waals surface area contributed by atoms with E-state index in [2.05, 4.69) is 5.32 Å². The SMILES string of the molecule is CCC(c1nc2ccccc2c(=O)n1-c1cccc(C)c1)N(CC)C(=O)Nc1cccc(Cl)c1. The third-order valence-electron chi connectivity index (χ3n) is 5.80. The number of aryl methyl sites for hydroxylation is 1. The number of rotatable bonds is 6. The summed E-state index contributed by atoms with van der Waals surface area (Å²) in [6.07, 6.45) is 0.577. The van der Waals surface area contributed by atoms with E-state index in [1.807, 2.05) is 63.2 Å². The van der Waals surface area contributed by atoms with E-state index in [0.717, 1.165) is 11.3 Å². The predicted molar refractivity (Wildman–Crippen MR) is 138 cm³/mol. The molecule has 6 nitrogen and oxygen atoms in total. The van der Waals surface area contributed by atoms with Gasteiger partial charge in [-0.15, -0.1) is 0 Å². The molecule has 1 atom stereocenters. The number of carbonyl (C=O) groups is 1. The van der Waals surface area contributed by atoms with E-state index >= 15 is 0 Å². The Kier molecular flexibility index (Phi) is 6.98. The highest BCUT2D eigenvalue weighted by Crippen LogP contribution is 2.27. The molecule has 0 fully saturated rings. The molecule has 0 aliphatic heterocycles. The minimum atomic E-state index is -0.429. The number of para-hydroxylation sites is 1. The van der Waals surface area contributed by atoms with Crippen molar-refractivity contribution in [3.8, 4) is 5.69 Å². The summed E-state index contributed by atoms with van der Waals surface area (Å²) in [7, 11) is 0. The largest absolute Gasteiger partial charge is 0.322 e. The Morgan fingerprint density at radius 1 is 1.06 bits per heavy atom. The van der Waals surface area contributed by atoms with Gasteiger partial charge in [-0.05, 0) is 68.3 Å². The van der Waals surface area contributed by atoms with Crippen molar-refractivity contribution in [3.05, 3.63) is 99.6 Å². The van der Waals surface area contributed by atoms with Crippen LogP contribution in [0, 0.1) is 6.92 Å². The maximum atomic E-state index is 13.7. The fourth-order valence-corrected chi connectivity index (χ4v) is 4.39. The Labute approximate surface area is 203 Å². The van der Waals surface area contributed by atoms with Gasteiger partial charge in [-0.3, -0.25) is 9.36 Å². The van der Waals surface area contributed by atoms with E-state index in [1.165, 1.54) is 0 Å². The fraction of sp³-hybridized carbons (Fsp3) is 0.222. The van der Waals surface area contributed by atoms with Crippen LogP contribution in [0.15, 0.2) is 77.6 Å². The van der Waals surface area contributed by atoms with Crippen LogP contribution in [-0.4, -0.2) is 27.0 Å². The second-order valence-electron chi connectivity index (χ2n) is 8.12. The lowest BCUT2D eigenvalue weighted by atomic mass is 10.1. The van der Waals surface area contributed by atoms with Crippen molar-refractivity contribution >= 4 is 34.2 Å². The zero-order valence-corrected chi connectivity index (χ0v) is 20.2. The molecule has 0 spiro atoms. The summed E-state index contributed by atoms with van der Waals surface area (Å²) in [5.74, 6) is 0.528. The number of anilines is 1. The van der Waals surface area contributed by atoms with Crippen molar-refractivity contribution in [1.29, 1.82) is 0 Å². The van der Waals surface area contributed by atoms with Crippen LogP contribution in [-0.2, 0) is 0 Å². The van der Waals surface area contributed by atoms with Crippen molar-refractivity contribution in [2.75, 3.05) is 11.9 Å². The van der Waals surface area contributed by atoms with Crippen molar-refractivity contribution < 1.29 is 4.79 Å². The van der Waals surface area contributed by atoms with Gasteiger partial charge in [-0.25, -0.2) is 9.78 Å². The summed E-state index contributed by atoms with van der Waals surface area (Å²) >= 11 is 6.09. The van der Waals surface area contributed by atoms with Gasteiger partial charge in [0.15, 0.2) is 0 Å². The zero-order valence-electron chi connectivity index (χ0n) is 19.5. The van der Waals surface area contributed by atoms with Gasteiger partial charge >= 0.3 is 6.03 Å². The zero-order chi connectivity index (χ0) is 24.2. The number of urea groups is 1. The lowest BCUT2D eigenvalue weighted by Crippen LogP contribution is -2.40. The number of amides is 2. The molecule has 0 saturated heterocycles. The van der Waals surface area contributed by atoms with Gasteiger partial charge in [0.05, 0.1) is 22.6 Å². The van der Waals surface area contributed by atoms with Crippen LogP contribution < -0.4 is 10.9 Å². The Hall–Kier alpha value is -3.64. The maximum absolute atomic E-state index is 13.7. The van der Waals surface area contributed by atoms with E-state index < -0.39 is 6.04 Å². The van der Waals surface area contributed by atoms with Crippen molar-refractivity contribution in [2.45, 2.75) is 33.2 Å². The number of aromatic nitrogens is 2. The van der Waals surface area contributed by atoms with Crippen molar-refractivity contribution in [2.24, 2.45) is 0 Å². The first-order valence-electron chi connectivity index (χ1n) is 11.3. The first-order chi connectivity index (χ1) is 16.4. The minimum Gasteiger partial charge on any atom is -0.315 e. The van der Waals surface area contributed by atoms with Gasteiger partial charge < -0.3 is 10.2 Å². The lowest BCUT2D eigenvalue weighted by Gasteiger charge is -2.31. The molecule has 4 rings (SSSR count). The van der Waals surface area contributed by atoms with E-state index in [4.69, 9.17) is 16.6 Å². The molecule has 34 heavy (non-hydrogen) atoms. The Morgan fingerprint density at radius 3 is 2.53 bits per heavy atom. The number of fused-ring (bicyclic) bond motifs is 1. The molecule has 1 unspecified atom stereocenters. The Morgan fingerprint density at radius 2 is 1.82 bits per heavy atom. The molecule has 0 saturated carbocycles. The van der Waals surface area contributed by atoms with Crippen molar-refractivity contribution in [1.82, 2.24) is 14.5 Å². The average Bonchev–Trinajstić information content (AvgIpc) is 2.82. The maximum Gasteiger partial charge on any atom is 0.322 e. The highest BCUT2D eigenvalue weighted by molar-refractivity contribution is 6.30. The van der Waals surface area contributed by atoms with Crippen LogP contribution in [0.2, 0.25) is 5.02 Å². The summed E-state index contributed by atoms with van der Waals surface area (Å²) in [6, 6.07) is 21.4. The standard InChI is InChI=1S/C27H27ClN4O2/c1-4-24(31(5-2)27(34)29-20-12-9-11-19(28)17-20)25-30-23-15-7-6-14-22(23)26(33)32(25)21-13-8-10-18(3)16-21/h6-17,24H,4-5H2,1-3H3,(H,29,34).